The Morgan fingerprint density at radius 1 is 0.328 bits per heavy atom. The number of aromatic nitrogens is 3. The molecule has 0 bridgehead atoms. The third-order valence-electron chi connectivity index (χ3n) is 11.9. The fraction of sp³-hybridized carbons (Fsp3) is 0. The molecule has 0 saturated heterocycles. The number of para-hydroxylation sites is 1. The molecule has 0 saturated carbocycles. The van der Waals surface area contributed by atoms with Crippen LogP contribution in [0.5, 0.6) is 0 Å². The van der Waals surface area contributed by atoms with Crippen molar-refractivity contribution in [2.45, 2.75) is 0 Å². The summed E-state index contributed by atoms with van der Waals surface area (Å²) < 4.78 is 2.51. The van der Waals surface area contributed by atoms with Crippen LogP contribution in [0.25, 0.3) is 120 Å². The van der Waals surface area contributed by atoms with Crippen molar-refractivity contribution >= 4 is 64.0 Å². The molecule has 0 amide bonds. The van der Waals surface area contributed by atoms with Crippen LogP contribution in [0.4, 0.5) is 0 Å². The third kappa shape index (κ3) is 6.07. The minimum atomic E-state index is 0.691. The Morgan fingerprint density at radius 2 is 0.869 bits per heavy atom. The molecule has 0 spiro atoms. The lowest BCUT2D eigenvalue weighted by Crippen LogP contribution is -1.96. The van der Waals surface area contributed by atoms with Crippen LogP contribution in [0.15, 0.2) is 212 Å². The summed E-state index contributed by atoms with van der Waals surface area (Å²) in [6.07, 6.45) is 0. The highest BCUT2D eigenvalue weighted by atomic mass is 32.1. The summed E-state index contributed by atoms with van der Waals surface area (Å²) in [4.78, 5) is 16.0. The maximum absolute atomic E-state index is 5.68. The Hall–Kier alpha value is -7.79. The highest BCUT2D eigenvalue weighted by molar-refractivity contribution is 7.26. The maximum atomic E-state index is 5.68. The van der Waals surface area contributed by atoms with Gasteiger partial charge in [-0.2, -0.15) is 0 Å². The number of fused-ring (bicyclic) bond motifs is 8. The maximum Gasteiger partial charge on any atom is 0.160 e. The van der Waals surface area contributed by atoms with Crippen LogP contribution in [0, 0.1) is 0 Å². The second-order valence-electron chi connectivity index (χ2n) is 15.5. The summed E-state index contributed by atoms with van der Waals surface area (Å²) in [6.45, 7) is 0. The summed E-state index contributed by atoms with van der Waals surface area (Å²) in [5.74, 6) is 0.691. The van der Waals surface area contributed by atoms with Crippen LogP contribution in [0.3, 0.4) is 0 Å². The predicted octanol–water partition coefficient (Wildman–Crippen LogP) is 15.7. The molecule has 0 unspecified atom stereocenters. The van der Waals surface area contributed by atoms with Gasteiger partial charge in [-0.1, -0.05) is 194 Å². The molecule has 9 aromatic carbocycles. The van der Waals surface area contributed by atoms with Gasteiger partial charge in [-0.15, -0.1) is 11.3 Å². The highest BCUT2D eigenvalue weighted by Crippen LogP contribution is 2.46. The van der Waals surface area contributed by atoms with E-state index in [1.165, 1.54) is 58.2 Å². The molecule has 3 aromatic heterocycles. The first-order valence-electron chi connectivity index (χ1n) is 20.6. The van der Waals surface area contributed by atoms with Crippen LogP contribution in [-0.4, -0.2) is 15.0 Å². The van der Waals surface area contributed by atoms with E-state index in [-0.39, 0.29) is 0 Å². The van der Waals surface area contributed by atoms with Gasteiger partial charge >= 0.3 is 0 Å². The molecule has 12 aromatic rings. The minimum absolute atomic E-state index is 0.691. The van der Waals surface area contributed by atoms with E-state index >= 15 is 0 Å². The van der Waals surface area contributed by atoms with Gasteiger partial charge < -0.3 is 0 Å². The molecule has 284 valence electrons. The Kier molecular flexibility index (Phi) is 8.36. The first kappa shape index (κ1) is 35.2. The number of thiophene rings is 1. The fourth-order valence-corrected chi connectivity index (χ4v) is 10.1. The minimum Gasteiger partial charge on any atom is -0.246 e. The lowest BCUT2D eigenvalue weighted by atomic mass is 9.91. The van der Waals surface area contributed by atoms with Crippen molar-refractivity contribution in [2.24, 2.45) is 0 Å². The van der Waals surface area contributed by atoms with Gasteiger partial charge in [0.15, 0.2) is 5.82 Å². The van der Waals surface area contributed by atoms with E-state index in [0.29, 0.717) is 5.82 Å². The molecule has 3 heterocycles. The van der Waals surface area contributed by atoms with Crippen molar-refractivity contribution in [3.63, 3.8) is 0 Å². The number of benzene rings is 9. The summed E-state index contributed by atoms with van der Waals surface area (Å²) >= 11 is 1.85. The van der Waals surface area contributed by atoms with E-state index in [2.05, 4.69) is 200 Å². The van der Waals surface area contributed by atoms with Gasteiger partial charge in [0, 0.05) is 53.4 Å². The molecule has 4 heteroatoms. The number of hydrogen-bond acceptors (Lipinski definition) is 4. The van der Waals surface area contributed by atoms with Crippen molar-refractivity contribution in [3.8, 4) is 67.4 Å². The van der Waals surface area contributed by atoms with Crippen LogP contribution >= 0.6 is 11.3 Å². The zero-order chi connectivity index (χ0) is 40.3. The molecule has 61 heavy (non-hydrogen) atoms. The average Bonchev–Trinajstić information content (AvgIpc) is 3.74. The number of hydrogen-bond donors (Lipinski definition) is 0. The molecule has 0 aliphatic carbocycles. The lowest BCUT2D eigenvalue weighted by molar-refractivity contribution is 1.18. The number of pyridine rings is 1. The third-order valence-corrected chi connectivity index (χ3v) is 13.1. The smallest absolute Gasteiger partial charge is 0.160 e. The van der Waals surface area contributed by atoms with Gasteiger partial charge in [-0.3, -0.25) is 0 Å². The molecule has 0 radical (unpaired) electrons. The molecule has 0 atom stereocenters. The zero-order valence-corrected chi connectivity index (χ0v) is 33.8. The van der Waals surface area contributed by atoms with Crippen molar-refractivity contribution in [3.05, 3.63) is 212 Å². The lowest BCUT2D eigenvalue weighted by Gasteiger charge is -2.15. The molecule has 0 aliphatic heterocycles. The van der Waals surface area contributed by atoms with Crippen LogP contribution in [0.1, 0.15) is 0 Å². The second kappa shape index (κ2) is 14.5. The van der Waals surface area contributed by atoms with Crippen molar-refractivity contribution in [1.29, 1.82) is 0 Å². The van der Waals surface area contributed by atoms with Gasteiger partial charge in [-0.25, -0.2) is 15.0 Å². The molecular formula is C57H35N3S. The highest BCUT2D eigenvalue weighted by Gasteiger charge is 2.20. The van der Waals surface area contributed by atoms with Crippen LogP contribution < -0.4 is 0 Å². The molecule has 12 rings (SSSR count). The fourth-order valence-electron chi connectivity index (χ4n) is 8.91. The zero-order valence-electron chi connectivity index (χ0n) is 33.0. The SMILES string of the molecule is c1ccc(-c2ccc(-c3nc(-c4ccccc4)cc(-c4ccc(-c5nc6c(-c7cc8ccccc8c8ccccc78)cccc6c6sc7ccccc7c56)cc4)n3)cc2)cc1. The normalized spacial score (nSPS) is 11.6. The summed E-state index contributed by atoms with van der Waals surface area (Å²) in [5.41, 5.74) is 12.5. The number of nitrogens with zero attached hydrogens (tertiary/aromatic N) is 3. The predicted molar refractivity (Wildman–Crippen MR) is 258 cm³/mol. The van der Waals surface area contributed by atoms with Crippen LogP contribution in [-0.2, 0) is 0 Å². The van der Waals surface area contributed by atoms with Crippen molar-refractivity contribution in [2.75, 3.05) is 0 Å². The van der Waals surface area contributed by atoms with Crippen LogP contribution in [0.2, 0.25) is 0 Å². The van der Waals surface area contributed by atoms with E-state index in [1.54, 1.807) is 0 Å². The van der Waals surface area contributed by atoms with Gasteiger partial charge in [-0.05, 0) is 56.4 Å². The molecule has 0 fully saturated rings. The first-order chi connectivity index (χ1) is 30.2. The standard InChI is InChI=1S/C57H35N3S/c1-3-14-36(15-4-1)37-26-32-41(33-27-37)57-58-50(38-16-5-2-6-17-38)35-51(59-57)39-28-30-40(31-29-39)54-53-47-22-11-12-25-52(47)61-56(53)48-24-13-23-46(55(48)60-54)49-34-42-18-7-8-19-43(42)44-20-9-10-21-45(44)49/h1-35H. The Labute approximate surface area is 356 Å². The van der Waals surface area contributed by atoms with E-state index in [0.717, 1.165) is 56.0 Å². The Bertz CT molecular complexity index is 3610. The summed E-state index contributed by atoms with van der Waals surface area (Å²) in [5, 5.41) is 8.54. The topological polar surface area (TPSA) is 38.7 Å². The van der Waals surface area contributed by atoms with Crippen molar-refractivity contribution in [1.82, 2.24) is 15.0 Å². The van der Waals surface area contributed by atoms with E-state index in [4.69, 9.17) is 15.0 Å². The van der Waals surface area contributed by atoms with E-state index < -0.39 is 0 Å². The molecule has 0 N–H and O–H groups in total. The monoisotopic (exact) mass is 793 g/mol. The second-order valence-corrected chi connectivity index (χ2v) is 16.6. The van der Waals surface area contributed by atoms with Gasteiger partial charge in [0.2, 0.25) is 0 Å². The number of rotatable bonds is 6. The van der Waals surface area contributed by atoms with Gasteiger partial charge in [0.05, 0.1) is 22.6 Å². The van der Waals surface area contributed by atoms with Gasteiger partial charge in [0.25, 0.3) is 0 Å². The Morgan fingerprint density at radius 3 is 1.62 bits per heavy atom. The molecule has 0 aliphatic rings. The Balaban J connectivity index is 1.02. The van der Waals surface area contributed by atoms with Gasteiger partial charge in [0.1, 0.15) is 0 Å². The largest absolute Gasteiger partial charge is 0.246 e. The quantitative estimate of drug-likeness (QED) is 0.157. The first-order valence-corrected chi connectivity index (χ1v) is 21.4. The summed E-state index contributed by atoms with van der Waals surface area (Å²) in [6, 6.07) is 75.4. The molecule has 3 nitrogen and oxygen atoms in total. The molecular weight excluding hydrogens is 759 g/mol. The van der Waals surface area contributed by atoms with E-state index in [9.17, 15) is 0 Å². The average molecular weight is 794 g/mol. The van der Waals surface area contributed by atoms with Crippen molar-refractivity contribution < 1.29 is 0 Å². The summed E-state index contributed by atoms with van der Waals surface area (Å²) in [7, 11) is 0. The van der Waals surface area contributed by atoms with E-state index in [1.807, 2.05) is 23.5 Å².